The summed E-state index contributed by atoms with van der Waals surface area (Å²) in [4.78, 5) is 15.9. The van der Waals surface area contributed by atoms with Crippen molar-refractivity contribution in [3.63, 3.8) is 0 Å². The van der Waals surface area contributed by atoms with Crippen LogP contribution in [0.5, 0.6) is 0 Å². The predicted molar refractivity (Wildman–Crippen MR) is 149 cm³/mol. The monoisotopic (exact) mass is 674 g/mol. The van der Waals surface area contributed by atoms with Gasteiger partial charge in [0.05, 0.1) is 10.1 Å². The molecule has 0 amide bonds. The first-order valence-corrected chi connectivity index (χ1v) is 14.8. The molecular formula is C20H16N6Na2O6S6. The normalized spacial score (nSPS) is 14.7. The molecule has 2 N–H and O–H groups in total. The molecule has 0 radical (unpaired) electrons. The fourth-order valence-electron chi connectivity index (χ4n) is 3.71. The van der Waals surface area contributed by atoms with Crippen molar-refractivity contribution in [1.82, 2.24) is 19.9 Å². The van der Waals surface area contributed by atoms with Crippen molar-refractivity contribution < 1.29 is 85.1 Å². The number of aromatic nitrogens is 4. The molecule has 0 spiro atoms. The van der Waals surface area contributed by atoms with Crippen LogP contribution in [0.4, 0.5) is 17.3 Å². The molecule has 2 aromatic heterocycles. The van der Waals surface area contributed by atoms with Crippen LogP contribution >= 0.6 is 50.5 Å². The summed E-state index contributed by atoms with van der Waals surface area (Å²) in [5.74, 6) is 0.447. The van der Waals surface area contributed by atoms with E-state index < -0.39 is 36.3 Å². The summed E-state index contributed by atoms with van der Waals surface area (Å²) in [6.07, 6.45) is 1.45. The van der Waals surface area contributed by atoms with E-state index in [1.54, 1.807) is 0 Å². The van der Waals surface area contributed by atoms with Crippen molar-refractivity contribution in [2.24, 2.45) is 0 Å². The minimum atomic E-state index is -5.76. The Morgan fingerprint density at radius 3 is 1.65 bits per heavy atom. The first kappa shape index (κ1) is 35.9. The van der Waals surface area contributed by atoms with E-state index in [4.69, 9.17) is 0 Å². The number of allylic oxidation sites excluding steroid dienone is 3. The summed E-state index contributed by atoms with van der Waals surface area (Å²) < 4.78 is 71.6. The Balaban J connectivity index is 0.00000280. The molecule has 0 saturated carbocycles. The maximum atomic E-state index is 12.5. The van der Waals surface area contributed by atoms with E-state index in [9.17, 15) is 25.9 Å². The van der Waals surface area contributed by atoms with Crippen molar-refractivity contribution in [3.05, 3.63) is 59.8 Å². The van der Waals surface area contributed by atoms with E-state index in [-0.39, 0.29) is 91.5 Å². The molecule has 1 aromatic carbocycles. The largest absolute Gasteiger partial charge is 1.00 e. The Morgan fingerprint density at radius 1 is 0.725 bits per heavy atom. The first-order chi connectivity index (χ1) is 17.7. The van der Waals surface area contributed by atoms with Crippen LogP contribution in [0.1, 0.15) is 12.0 Å². The van der Waals surface area contributed by atoms with Crippen LogP contribution in [0.15, 0.2) is 74.6 Å². The molecule has 0 saturated heterocycles. The summed E-state index contributed by atoms with van der Waals surface area (Å²) in [5, 5.41) is 6.44. The Hall–Kier alpha value is -0.320. The molecule has 200 valence electrons. The molecule has 20 heteroatoms. The molecule has 1 aliphatic carbocycles. The summed E-state index contributed by atoms with van der Waals surface area (Å²) >= 11 is 16.4. The SMILES string of the molecule is O=S(=O)([O-])C1(S(=O)(=O)[O-])CC(Nc2cc(S)nc(S)n2)=CC=C1c1ccc(Nc2cc(S)nc(S)n2)cc1.[Na+].[Na+]. The Bertz CT molecular complexity index is 1630. The Morgan fingerprint density at radius 2 is 1.20 bits per heavy atom. The number of benzene rings is 1. The van der Waals surface area contributed by atoms with Crippen molar-refractivity contribution in [3.8, 4) is 0 Å². The molecule has 40 heavy (non-hydrogen) atoms. The minimum Gasteiger partial charge on any atom is -0.746 e. The van der Waals surface area contributed by atoms with Gasteiger partial charge >= 0.3 is 59.1 Å². The number of nitrogens with zero attached hydrogens (tertiary/aromatic N) is 4. The van der Waals surface area contributed by atoms with E-state index >= 15 is 0 Å². The number of hydrogen-bond donors (Lipinski definition) is 6. The van der Waals surface area contributed by atoms with E-state index in [0.717, 1.165) is 6.08 Å². The molecule has 0 fully saturated rings. The smallest absolute Gasteiger partial charge is 0.746 e. The van der Waals surface area contributed by atoms with Gasteiger partial charge in [-0.1, -0.05) is 18.2 Å². The molecule has 1 aliphatic rings. The maximum Gasteiger partial charge on any atom is 1.00 e. The predicted octanol–water partition coefficient (Wildman–Crippen LogP) is -3.26. The van der Waals surface area contributed by atoms with E-state index in [1.165, 1.54) is 42.5 Å². The van der Waals surface area contributed by atoms with Crippen molar-refractivity contribution in [1.29, 1.82) is 0 Å². The van der Waals surface area contributed by atoms with Gasteiger partial charge in [0.25, 0.3) is 0 Å². The van der Waals surface area contributed by atoms with Gasteiger partial charge < -0.3 is 19.7 Å². The van der Waals surface area contributed by atoms with Gasteiger partial charge in [-0.2, -0.15) is 0 Å². The summed E-state index contributed by atoms with van der Waals surface area (Å²) in [7, 11) is -11.5. The molecule has 12 nitrogen and oxygen atoms in total. The third-order valence-corrected chi connectivity index (χ3v) is 9.68. The van der Waals surface area contributed by atoms with Crippen LogP contribution in [0.25, 0.3) is 5.57 Å². The standard InChI is InChI=1S/C20H18N6O6S6.2Na/c27-37(28,29)20(38(30,31)32)9-12(22-15-8-17(34)26-19(36)24-15)5-6-13(20)10-1-3-11(4-2-10)21-14-7-16(33)25-18(35)23-14;;/h1-8H,9H2,(H,27,28,29)(H,30,31,32)(H3,21,23,25,33,35)(H3,22,24,26,34,36);;/q;2*+1/p-2. The van der Waals surface area contributed by atoms with E-state index in [0.29, 0.717) is 16.5 Å². The molecule has 0 atom stereocenters. The average molecular weight is 675 g/mol. The summed E-state index contributed by atoms with van der Waals surface area (Å²) in [6.45, 7) is 0. The molecule has 4 rings (SSSR count). The zero-order valence-corrected chi connectivity index (χ0v) is 29.9. The topological polar surface area (TPSA) is 190 Å². The second kappa shape index (κ2) is 14.0. The van der Waals surface area contributed by atoms with Gasteiger partial charge in [0.1, 0.15) is 31.9 Å². The van der Waals surface area contributed by atoms with Crippen molar-refractivity contribution in [2.75, 3.05) is 10.6 Å². The van der Waals surface area contributed by atoms with E-state index in [2.05, 4.69) is 81.1 Å². The van der Waals surface area contributed by atoms with Crippen LogP contribution in [0.3, 0.4) is 0 Å². The van der Waals surface area contributed by atoms with Crippen molar-refractivity contribution >= 4 is 93.6 Å². The molecular weight excluding hydrogens is 659 g/mol. The third-order valence-electron chi connectivity index (χ3n) is 5.25. The van der Waals surface area contributed by atoms with Gasteiger partial charge in [-0.15, -0.1) is 50.5 Å². The third kappa shape index (κ3) is 7.98. The second-order valence-corrected chi connectivity index (χ2v) is 12.9. The van der Waals surface area contributed by atoms with Crippen LogP contribution in [0, 0.1) is 0 Å². The number of hydrogen-bond acceptors (Lipinski definition) is 16. The minimum absolute atomic E-state index is 0. The fourth-order valence-corrected chi connectivity index (χ4v) is 7.30. The summed E-state index contributed by atoms with van der Waals surface area (Å²) in [6, 6.07) is 8.58. The number of thiol groups is 4. The van der Waals surface area contributed by atoms with Crippen LogP contribution < -0.4 is 69.7 Å². The van der Waals surface area contributed by atoms with Crippen LogP contribution in [-0.2, 0) is 20.2 Å². The van der Waals surface area contributed by atoms with E-state index in [1.807, 2.05) is 0 Å². The Kier molecular flexibility index (Phi) is 12.5. The molecule has 0 aliphatic heterocycles. The van der Waals surface area contributed by atoms with Gasteiger partial charge in [-0.05, 0) is 29.3 Å². The van der Waals surface area contributed by atoms with Crippen LogP contribution in [-0.4, -0.2) is 50.0 Å². The molecule has 3 aromatic rings. The van der Waals surface area contributed by atoms with Gasteiger partial charge in [0.2, 0.25) is 0 Å². The molecule has 2 heterocycles. The quantitative estimate of drug-likeness (QED) is 0.0484. The van der Waals surface area contributed by atoms with Gasteiger partial charge in [-0.25, -0.2) is 36.8 Å². The maximum absolute atomic E-state index is 12.5. The van der Waals surface area contributed by atoms with Gasteiger partial charge in [-0.3, -0.25) is 0 Å². The zero-order valence-electron chi connectivity index (χ0n) is 20.7. The zero-order chi connectivity index (χ0) is 27.9. The second-order valence-electron chi connectivity index (χ2n) is 7.76. The first-order valence-electron chi connectivity index (χ1n) is 10.2. The molecule has 0 unspecified atom stereocenters. The summed E-state index contributed by atoms with van der Waals surface area (Å²) in [5.41, 5.74) is -0.0746. The fraction of sp³-hybridized carbons (Fsp3) is 0.100. The molecule has 0 bridgehead atoms. The van der Waals surface area contributed by atoms with Gasteiger partial charge in [0.15, 0.2) is 14.4 Å². The average Bonchev–Trinajstić information content (AvgIpc) is 2.77. The van der Waals surface area contributed by atoms with Crippen LogP contribution in [0.2, 0.25) is 0 Å². The van der Waals surface area contributed by atoms with Crippen molar-refractivity contribution in [2.45, 2.75) is 30.9 Å². The number of nitrogens with one attached hydrogen (secondary N) is 2. The number of anilines is 3. The Labute approximate surface area is 296 Å². The van der Waals surface area contributed by atoms with Gasteiger partial charge in [0, 0.05) is 29.9 Å². The number of rotatable bonds is 7.